The molecular weight excluding hydrogens is 273 g/mol. The van der Waals surface area contributed by atoms with Gasteiger partial charge >= 0.3 is 0 Å². The summed E-state index contributed by atoms with van der Waals surface area (Å²) in [7, 11) is 0. The first-order chi connectivity index (χ1) is 7.65. The van der Waals surface area contributed by atoms with E-state index in [4.69, 9.17) is 10.5 Å². The van der Waals surface area contributed by atoms with E-state index in [9.17, 15) is 4.39 Å². The van der Waals surface area contributed by atoms with Gasteiger partial charge in [-0.3, -0.25) is 0 Å². The molecule has 0 saturated heterocycles. The molecule has 88 valence electrons. The van der Waals surface area contributed by atoms with Crippen molar-refractivity contribution in [3.8, 4) is 0 Å². The average Bonchev–Trinajstić information content (AvgIpc) is 2.63. The van der Waals surface area contributed by atoms with Crippen LogP contribution in [-0.4, -0.2) is 12.1 Å². The molecule has 0 bridgehead atoms. The van der Waals surface area contributed by atoms with Crippen molar-refractivity contribution in [1.82, 2.24) is 0 Å². The monoisotopic (exact) mass is 287 g/mol. The number of benzene rings is 1. The molecule has 1 saturated carbocycles. The molecule has 1 aliphatic rings. The highest BCUT2D eigenvalue weighted by atomic mass is 79.9. The Kier molecular flexibility index (Phi) is 3.95. The summed E-state index contributed by atoms with van der Waals surface area (Å²) in [6.45, 7) is 0.512. The maximum Gasteiger partial charge on any atom is 0.124 e. The van der Waals surface area contributed by atoms with Gasteiger partial charge in [0.25, 0.3) is 0 Å². The number of rotatable bonds is 3. The first-order valence-electron chi connectivity index (χ1n) is 5.46. The number of hydrogen-bond acceptors (Lipinski definition) is 2. The van der Waals surface area contributed by atoms with Gasteiger partial charge in [0.15, 0.2) is 0 Å². The molecule has 0 heterocycles. The molecule has 2 nitrogen and oxygen atoms in total. The molecule has 4 heteroatoms. The van der Waals surface area contributed by atoms with Crippen LogP contribution < -0.4 is 5.73 Å². The molecule has 16 heavy (non-hydrogen) atoms. The largest absolute Gasteiger partial charge is 0.373 e. The van der Waals surface area contributed by atoms with Crippen LogP contribution in [-0.2, 0) is 11.3 Å². The van der Waals surface area contributed by atoms with Gasteiger partial charge in [-0.25, -0.2) is 4.39 Å². The predicted octanol–water partition coefficient (Wildman–Crippen LogP) is 2.98. The Bertz CT molecular complexity index is 372. The molecule has 0 spiro atoms. The summed E-state index contributed by atoms with van der Waals surface area (Å²) >= 11 is 3.32. The molecule has 0 radical (unpaired) electrons. The van der Waals surface area contributed by atoms with Crippen LogP contribution in [0, 0.1) is 5.82 Å². The molecule has 1 aliphatic carbocycles. The molecule has 2 rings (SSSR count). The molecule has 1 fully saturated rings. The smallest absolute Gasteiger partial charge is 0.124 e. The minimum Gasteiger partial charge on any atom is -0.373 e. The standard InChI is InChI=1S/C12H15BrFNO/c13-12-5-9(14)2-1-8(12)7-16-11-4-3-10(15)6-11/h1-2,5,10-11H,3-4,6-7,15H2. The molecule has 1 aromatic rings. The van der Waals surface area contributed by atoms with Gasteiger partial charge in [-0.15, -0.1) is 0 Å². The Labute approximate surface area is 103 Å². The lowest BCUT2D eigenvalue weighted by molar-refractivity contribution is 0.0445. The summed E-state index contributed by atoms with van der Waals surface area (Å²) in [6, 6.07) is 4.93. The van der Waals surface area contributed by atoms with Crippen LogP contribution in [0.4, 0.5) is 4.39 Å². The molecule has 0 aliphatic heterocycles. The van der Waals surface area contributed by atoms with Crippen LogP contribution in [0.15, 0.2) is 22.7 Å². The second-order valence-corrected chi connectivity index (χ2v) is 5.10. The van der Waals surface area contributed by atoms with Crippen molar-refractivity contribution in [2.45, 2.75) is 38.0 Å². The summed E-state index contributed by atoms with van der Waals surface area (Å²) in [5, 5.41) is 0. The molecular formula is C12H15BrFNO. The first kappa shape index (κ1) is 12.0. The summed E-state index contributed by atoms with van der Waals surface area (Å²) in [6.07, 6.45) is 3.25. The van der Waals surface area contributed by atoms with Crippen LogP contribution in [0.3, 0.4) is 0 Å². The molecule has 1 aromatic carbocycles. The summed E-state index contributed by atoms with van der Waals surface area (Å²) in [5.41, 5.74) is 6.78. The molecule has 2 N–H and O–H groups in total. The van der Waals surface area contributed by atoms with Crippen LogP contribution in [0.1, 0.15) is 24.8 Å². The second-order valence-electron chi connectivity index (χ2n) is 4.24. The van der Waals surface area contributed by atoms with Crippen molar-refractivity contribution in [1.29, 1.82) is 0 Å². The fraction of sp³-hybridized carbons (Fsp3) is 0.500. The Balaban J connectivity index is 1.89. The first-order valence-corrected chi connectivity index (χ1v) is 6.25. The van der Waals surface area contributed by atoms with E-state index in [0.717, 1.165) is 29.3 Å². The highest BCUT2D eigenvalue weighted by Crippen LogP contribution is 2.24. The number of ether oxygens (including phenoxy) is 1. The maximum absolute atomic E-state index is 12.9. The minimum absolute atomic E-state index is 0.237. The van der Waals surface area contributed by atoms with Crippen LogP contribution in [0.2, 0.25) is 0 Å². The van der Waals surface area contributed by atoms with E-state index < -0.39 is 0 Å². The lowest BCUT2D eigenvalue weighted by Crippen LogP contribution is -2.17. The third kappa shape index (κ3) is 3.03. The van der Waals surface area contributed by atoms with Crippen LogP contribution >= 0.6 is 15.9 Å². The van der Waals surface area contributed by atoms with Gasteiger partial charge in [0.1, 0.15) is 5.82 Å². The van der Waals surface area contributed by atoms with E-state index >= 15 is 0 Å². The predicted molar refractivity (Wildman–Crippen MR) is 64.5 cm³/mol. The van der Waals surface area contributed by atoms with Gasteiger partial charge in [-0.05, 0) is 37.0 Å². The molecule has 2 atom stereocenters. The van der Waals surface area contributed by atoms with E-state index in [1.165, 1.54) is 12.1 Å². The lowest BCUT2D eigenvalue weighted by atomic mass is 10.2. The summed E-state index contributed by atoms with van der Waals surface area (Å²) in [4.78, 5) is 0. The van der Waals surface area contributed by atoms with Crippen LogP contribution in [0.25, 0.3) is 0 Å². The topological polar surface area (TPSA) is 35.2 Å². The SMILES string of the molecule is NC1CCC(OCc2ccc(F)cc2Br)C1. The fourth-order valence-electron chi connectivity index (χ4n) is 1.97. The highest BCUT2D eigenvalue weighted by molar-refractivity contribution is 9.10. The zero-order valence-electron chi connectivity index (χ0n) is 8.96. The van der Waals surface area contributed by atoms with Gasteiger partial charge in [-0.1, -0.05) is 22.0 Å². The lowest BCUT2D eigenvalue weighted by Gasteiger charge is -2.12. The van der Waals surface area contributed by atoms with Gasteiger partial charge in [0, 0.05) is 10.5 Å². The minimum atomic E-state index is -0.237. The van der Waals surface area contributed by atoms with Gasteiger partial charge < -0.3 is 10.5 Å². The molecule has 0 aromatic heterocycles. The highest BCUT2D eigenvalue weighted by Gasteiger charge is 2.22. The Morgan fingerprint density at radius 1 is 1.44 bits per heavy atom. The summed E-state index contributed by atoms with van der Waals surface area (Å²) < 4.78 is 19.4. The molecule has 0 amide bonds. The van der Waals surface area contributed by atoms with Crippen molar-refractivity contribution in [3.05, 3.63) is 34.1 Å². The molecule has 2 unspecified atom stereocenters. The van der Waals surface area contributed by atoms with E-state index in [2.05, 4.69) is 15.9 Å². The van der Waals surface area contributed by atoms with Gasteiger partial charge in [0.05, 0.1) is 12.7 Å². The van der Waals surface area contributed by atoms with Crippen molar-refractivity contribution < 1.29 is 9.13 Å². The van der Waals surface area contributed by atoms with E-state index in [0.29, 0.717) is 6.61 Å². The quantitative estimate of drug-likeness (QED) is 0.928. The summed E-state index contributed by atoms with van der Waals surface area (Å²) in [5.74, 6) is -0.237. The average molecular weight is 288 g/mol. The number of hydrogen-bond donors (Lipinski definition) is 1. The van der Waals surface area contributed by atoms with Gasteiger partial charge in [-0.2, -0.15) is 0 Å². The maximum atomic E-state index is 12.9. The Morgan fingerprint density at radius 2 is 2.25 bits per heavy atom. The van der Waals surface area contributed by atoms with Crippen molar-refractivity contribution in [2.24, 2.45) is 5.73 Å². The van der Waals surface area contributed by atoms with Gasteiger partial charge in [0.2, 0.25) is 0 Å². The Hall–Kier alpha value is -0.450. The zero-order chi connectivity index (χ0) is 11.5. The van der Waals surface area contributed by atoms with Crippen LogP contribution in [0.5, 0.6) is 0 Å². The number of halogens is 2. The zero-order valence-corrected chi connectivity index (χ0v) is 10.5. The fourth-order valence-corrected chi connectivity index (χ4v) is 2.44. The number of nitrogens with two attached hydrogens (primary N) is 1. The van der Waals surface area contributed by atoms with Crippen molar-refractivity contribution in [2.75, 3.05) is 0 Å². The normalized spacial score (nSPS) is 24.9. The van der Waals surface area contributed by atoms with Crippen molar-refractivity contribution >= 4 is 15.9 Å². The van der Waals surface area contributed by atoms with E-state index in [1.807, 2.05) is 0 Å². The third-order valence-electron chi connectivity index (χ3n) is 2.91. The van der Waals surface area contributed by atoms with Crippen molar-refractivity contribution in [3.63, 3.8) is 0 Å². The third-order valence-corrected chi connectivity index (χ3v) is 3.65. The second kappa shape index (κ2) is 5.25. The van der Waals surface area contributed by atoms with E-state index in [1.54, 1.807) is 6.07 Å². The Morgan fingerprint density at radius 3 is 2.88 bits per heavy atom. The van der Waals surface area contributed by atoms with E-state index in [-0.39, 0.29) is 18.0 Å².